The zero-order valence-electron chi connectivity index (χ0n) is 16.4. The van der Waals surface area contributed by atoms with Gasteiger partial charge in [-0.1, -0.05) is 59.2 Å². The number of hydrogen-bond donors (Lipinski definition) is 1. The van der Waals surface area contributed by atoms with Crippen LogP contribution < -0.4 is 10.2 Å². The van der Waals surface area contributed by atoms with Crippen LogP contribution in [0.5, 0.6) is 0 Å². The lowest BCUT2D eigenvalue weighted by Gasteiger charge is -2.32. The van der Waals surface area contributed by atoms with Crippen molar-refractivity contribution in [1.82, 2.24) is 25.5 Å². The Bertz CT molecular complexity index is 1040. The number of rotatable bonds is 7. The first-order valence-electron chi connectivity index (χ1n) is 9.51. The smallest absolute Gasteiger partial charge is 0.251 e. The maximum atomic E-state index is 12.6. The van der Waals surface area contributed by atoms with Crippen LogP contribution in [0.1, 0.15) is 17.2 Å². The van der Waals surface area contributed by atoms with Gasteiger partial charge < -0.3 is 10.1 Å². The first-order chi connectivity index (χ1) is 14.7. The van der Waals surface area contributed by atoms with Crippen LogP contribution in [0.25, 0.3) is 5.70 Å². The molecule has 0 saturated heterocycles. The van der Waals surface area contributed by atoms with E-state index in [0.29, 0.717) is 24.1 Å². The lowest BCUT2D eigenvalue weighted by molar-refractivity contribution is -0.119. The second kappa shape index (κ2) is 9.06. The van der Waals surface area contributed by atoms with E-state index in [4.69, 9.17) is 16.3 Å². The number of benzene rings is 2. The molecule has 0 spiro atoms. The summed E-state index contributed by atoms with van der Waals surface area (Å²) in [6.07, 6.45) is 2.06. The molecule has 1 aliphatic rings. The fourth-order valence-electron chi connectivity index (χ4n) is 3.37. The fraction of sp³-hybridized carbons (Fsp3) is 0.238. The average Bonchev–Trinajstić information content (AvgIpc) is 3.26. The first kappa shape index (κ1) is 20.1. The van der Waals surface area contributed by atoms with Gasteiger partial charge >= 0.3 is 0 Å². The number of anilines is 1. The Morgan fingerprint density at radius 1 is 1.17 bits per heavy atom. The Hall–Kier alpha value is -3.23. The summed E-state index contributed by atoms with van der Waals surface area (Å²) in [7, 11) is 1.60. The summed E-state index contributed by atoms with van der Waals surface area (Å²) in [4.78, 5) is 14.4. The van der Waals surface area contributed by atoms with Gasteiger partial charge in [-0.05, 0) is 39.8 Å². The van der Waals surface area contributed by atoms with Crippen LogP contribution >= 0.6 is 11.6 Å². The van der Waals surface area contributed by atoms with Crippen LogP contribution in [0, 0.1) is 0 Å². The molecule has 1 atom stereocenters. The average molecular weight is 425 g/mol. The number of fused-ring (bicyclic) bond motifs is 1. The van der Waals surface area contributed by atoms with Crippen molar-refractivity contribution in [2.45, 2.75) is 6.04 Å². The summed E-state index contributed by atoms with van der Waals surface area (Å²) < 4.78 is 6.71. The van der Waals surface area contributed by atoms with Crippen molar-refractivity contribution >= 4 is 29.2 Å². The number of carbonyl (C=O) groups is 1. The maximum Gasteiger partial charge on any atom is 0.251 e. The number of nitrogens with one attached hydrogen (secondary N) is 1. The zero-order valence-corrected chi connectivity index (χ0v) is 17.2. The third-order valence-electron chi connectivity index (χ3n) is 4.80. The molecule has 2 heterocycles. The standard InChI is InChI=1S/C21H21ClN6O2/c1-30-12-11-23-20(29)14-27-18(15-5-3-2-4-6-15)13-19(28-21(27)24-25-26-28)16-7-9-17(22)10-8-16/h2-10,13,19H,11-12,14H2,1H3,(H,23,29)/t19-/m0/s1. The molecule has 8 nitrogen and oxygen atoms in total. The van der Waals surface area contributed by atoms with Crippen LogP contribution in [0.3, 0.4) is 0 Å². The van der Waals surface area contributed by atoms with Crippen molar-refractivity contribution in [3.8, 4) is 0 Å². The van der Waals surface area contributed by atoms with E-state index in [1.807, 2.05) is 59.5 Å². The lowest BCUT2D eigenvalue weighted by Crippen LogP contribution is -2.40. The normalized spacial score (nSPS) is 15.5. The van der Waals surface area contributed by atoms with Crippen molar-refractivity contribution in [3.63, 3.8) is 0 Å². The lowest BCUT2D eigenvalue weighted by atomic mass is 10.0. The van der Waals surface area contributed by atoms with Crippen LogP contribution in [-0.2, 0) is 9.53 Å². The van der Waals surface area contributed by atoms with E-state index < -0.39 is 0 Å². The number of aromatic nitrogens is 4. The van der Waals surface area contributed by atoms with Gasteiger partial charge in [-0.2, -0.15) is 4.68 Å². The molecule has 4 rings (SSSR count). The Labute approximate surface area is 179 Å². The van der Waals surface area contributed by atoms with Crippen LogP contribution in [-0.4, -0.2) is 52.9 Å². The summed E-state index contributed by atoms with van der Waals surface area (Å²) in [6.45, 7) is 0.966. The highest BCUT2D eigenvalue weighted by Crippen LogP contribution is 2.36. The van der Waals surface area contributed by atoms with E-state index in [1.54, 1.807) is 11.8 Å². The number of methoxy groups -OCH3 is 1. The molecule has 0 bridgehead atoms. The molecule has 0 unspecified atom stereocenters. The predicted octanol–water partition coefficient (Wildman–Crippen LogP) is 2.54. The molecule has 154 valence electrons. The molecule has 30 heavy (non-hydrogen) atoms. The SMILES string of the molecule is COCCNC(=O)CN1C(c2ccccc2)=C[C@@H](c2ccc(Cl)cc2)n2nnnc21. The fourth-order valence-corrected chi connectivity index (χ4v) is 3.50. The van der Waals surface area contributed by atoms with Crippen LogP contribution in [0.15, 0.2) is 60.7 Å². The van der Waals surface area contributed by atoms with Crippen LogP contribution in [0.4, 0.5) is 5.95 Å². The van der Waals surface area contributed by atoms with E-state index in [1.165, 1.54) is 0 Å². The van der Waals surface area contributed by atoms with Crippen LogP contribution in [0.2, 0.25) is 5.02 Å². The van der Waals surface area contributed by atoms with E-state index in [-0.39, 0.29) is 18.5 Å². The Morgan fingerprint density at radius 3 is 2.67 bits per heavy atom. The number of ether oxygens (including phenoxy) is 1. The minimum Gasteiger partial charge on any atom is -0.383 e. The van der Waals surface area contributed by atoms with Gasteiger partial charge in [0, 0.05) is 18.7 Å². The minimum atomic E-state index is -0.227. The Morgan fingerprint density at radius 2 is 1.93 bits per heavy atom. The number of halogens is 1. The highest BCUT2D eigenvalue weighted by molar-refractivity contribution is 6.30. The highest BCUT2D eigenvalue weighted by atomic mass is 35.5. The van der Waals surface area contributed by atoms with Crippen molar-refractivity contribution in [2.75, 3.05) is 31.7 Å². The topological polar surface area (TPSA) is 85.2 Å². The Kier molecular flexibility index (Phi) is 6.06. The van der Waals surface area contributed by atoms with E-state index in [2.05, 4.69) is 26.9 Å². The van der Waals surface area contributed by atoms with Crippen molar-refractivity contribution in [3.05, 3.63) is 76.8 Å². The number of allylic oxidation sites excluding steroid dienone is 1. The molecular weight excluding hydrogens is 404 g/mol. The van der Waals surface area contributed by atoms with E-state index >= 15 is 0 Å². The zero-order chi connectivity index (χ0) is 20.9. The van der Waals surface area contributed by atoms with E-state index in [9.17, 15) is 4.79 Å². The molecular formula is C21H21ClN6O2. The van der Waals surface area contributed by atoms with Crippen molar-refractivity contribution < 1.29 is 9.53 Å². The molecule has 0 radical (unpaired) electrons. The van der Waals surface area contributed by atoms with Gasteiger partial charge in [-0.25, -0.2) is 0 Å². The molecule has 2 aromatic carbocycles. The third-order valence-corrected chi connectivity index (χ3v) is 5.05. The van der Waals surface area contributed by atoms with Gasteiger partial charge in [0.1, 0.15) is 12.6 Å². The molecule has 1 aromatic heterocycles. The second-order valence-electron chi connectivity index (χ2n) is 6.77. The molecule has 1 amide bonds. The summed E-state index contributed by atoms with van der Waals surface area (Å²) >= 11 is 6.06. The summed E-state index contributed by atoms with van der Waals surface area (Å²) in [6, 6.07) is 17.2. The largest absolute Gasteiger partial charge is 0.383 e. The van der Waals surface area contributed by atoms with Gasteiger partial charge in [0.05, 0.1) is 12.3 Å². The molecule has 3 aromatic rings. The second-order valence-corrected chi connectivity index (χ2v) is 7.20. The third kappa shape index (κ3) is 4.19. The Balaban J connectivity index is 1.73. The maximum absolute atomic E-state index is 12.6. The number of carbonyl (C=O) groups excluding carboxylic acids is 1. The van der Waals surface area contributed by atoms with Gasteiger partial charge in [0.15, 0.2) is 0 Å². The first-order valence-corrected chi connectivity index (χ1v) is 9.89. The van der Waals surface area contributed by atoms with Gasteiger partial charge in [-0.15, -0.1) is 0 Å². The molecule has 1 aliphatic heterocycles. The molecule has 0 saturated carbocycles. The number of tetrazole rings is 1. The van der Waals surface area contributed by atoms with E-state index in [0.717, 1.165) is 16.8 Å². The quantitative estimate of drug-likeness (QED) is 0.587. The van der Waals surface area contributed by atoms with Crippen molar-refractivity contribution in [1.29, 1.82) is 0 Å². The number of hydrogen-bond acceptors (Lipinski definition) is 6. The van der Waals surface area contributed by atoms with Crippen molar-refractivity contribution in [2.24, 2.45) is 0 Å². The monoisotopic (exact) mass is 424 g/mol. The number of nitrogens with zero attached hydrogens (tertiary/aromatic N) is 5. The minimum absolute atomic E-state index is 0.0815. The van der Waals surface area contributed by atoms with Gasteiger partial charge in [0.25, 0.3) is 5.95 Å². The van der Waals surface area contributed by atoms with Gasteiger partial charge in [-0.3, -0.25) is 9.69 Å². The molecule has 1 N–H and O–H groups in total. The van der Waals surface area contributed by atoms with Gasteiger partial charge in [0.2, 0.25) is 5.91 Å². The summed E-state index contributed by atoms with van der Waals surface area (Å²) in [5.74, 6) is 0.353. The molecule has 9 heteroatoms. The summed E-state index contributed by atoms with van der Waals surface area (Å²) in [5.41, 5.74) is 2.82. The number of amides is 1. The molecule has 0 aliphatic carbocycles. The molecule has 0 fully saturated rings. The predicted molar refractivity (Wildman–Crippen MR) is 114 cm³/mol. The highest BCUT2D eigenvalue weighted by Gasteiger charge is 2.31. The summed E-state index contributed by atoms with van der Waals surface area (Å²) in [5, 5.41) is 15.8.